The fraction of sp³-hybridized carbons (Fsp3) is 0.300. The zero-order chi connectivity index (χ0) is 13.0. The van der Waals surface area contributed by atoms with Gasteiger partial charge in [0.05, 0.1) is 16.0 Å². The maximum atomic E-state index is 11.3. The van der Waals surface area contributed by atoms with Crippen LogP contribution in [0.25, 0.3) is 0 Å². The Bertz CT molecular complexity index is 448. The van der Waals surface area contributed by atoms with E-state index in [1.54, 1.807) is 14.1 Å². The van der Waals surface area contributed by atoms with Gasteiger partial charge in [-0.2, -0.15) is 0 Å². The summed E-state index contributed by atoms with van der Waals surface area (Å²) >= 11 is 5.79. The van der Waals surface area contributed by atoms with Crippen molar-refractivity contribution >= 4 is 23.2 Å². The van der Waals surface area contributed by atoms with Gasteiger partial charge in [0.1, 0.15) is 5.75 Å². The van der Waals surface area contributed by atoms with Crippen LogP contribution in [0.3, 0.4) is 0 Å². The van der Waals surface area contributed by atoms with E-state index in [1.807, 2.05) is 0 Å². The number of likely N-dealkylation sites (N-methyl/N-ethyl adjacent to an activating group) is 1. The summed E-state index contributed by atoms with van der Waals surface area (Å²) in [6.07, 6.45) is 0. The Hall–Kier alpha value is -1.82. The fourth-order valence-electron chi connectivity index (χ4n) is 0.985. The molecule has 0 heterocycles. The predicted octanol–water partition coefficient (Wildman–Crippen LogP) is 1.72. The maximum absolute atomic E-state index is 11.3. The summed E-state index contributed by atoms with van der Waals surface area (Å²) in [7, 11) is 3.17. The molecule has 0 radical (unpaired) electrons. The van der Waals surface area contributed by atoms with Crippen LogP contribution in [0.15, 0.2) is 18.2 Å². The van der Waals surface area contributed by atoms with Gasteiger partial charge in [-0.25, -0.2) is 0 Å². The fourth-order valence-corrected chi connectivity index (χ4v) is 1.16. The van der Waals surface area contributed by atoms with E-state index in [0.29, 0.717) is 0 Å². The first kappa shape index (κ1) is 13.2. The smallest absolute Gasteiger partial charge is 0.273 e. The van der Waals surface area contributed by atoms with Gasteiger partial charge in [0.2, 0.25) is 0 Å². The molecule has 1 rings (SSSR count). The molecule has 0 saturated carbocycles. The van der Waals surface area contributed by atoms with E-state index in [0.717, 1.165) is 0 Å². The zero-order valence-corrected chi connectivity index (χ0v) is 10.1. The lowest BCUT2D eigenvalue weighted by molar-refractivity contribution is -0.384. The van der Waals surface area contributed by atoms with Gasteiger partial charge in [-0.15, -0.1) is 0 Å². The molecule has 6 nitrogen and oxygen atoms in total. The van der Waals surface area contributed by atoms with E-state index >= 15 is 0 Å². The first-order valence-corrected chi connectivity index (χ1v) is 5.06. The lowest BCUT2D eigenvalue weighted by Crippen LogP contribution is -2.27. The van der Waals surface area contributed by atoms with Crippen molar-refractivity contribution in [2.24, 2.45) is 0 Å². The second-order valence-corrected chi connectivity index (χ2v) is 3.86. The van der Waals surface area contributed by atoms with Crippen molar-refractivity contribution in [2.75, 3.05) is 20.7 Å². The zero-order valence-electron chi connectivity index (χ0n) is 9.34. The minimum absolute atomic E-state index is 0.121. The van der Waals surface area contributed by atoms with Gasteiger partial charge in [0.15, 0.2) is 6.61 Å². The number of nitro benzene ring substituents is 1. The highest BCUT2D eigenvalue weighted by atomic mass is 35.5. The van der Waals surface area contributed by atoms with Crippen molar-refractivity contribution in [1.29, 1.82) is 0 Å². The summed E-state index contributed by atoms with van der Waals surface area (Å²) in [6, 6.07) is 3.81. The van der Waals surface area contributed by atoms with Crippen molar-refractivity contribution in [2.45, 2.75) is 0 Å². The minimum atomic E-state index is -0.559. The van der Waals surface area contributed by atoms with Crippen molar-refractivity contribution in [3.63, 3.8) is 0 Å². The lowest BCUT2D eigenvalue weighted by atomic mass is 10.3. The SMILES string of the molecule is CN(C)C(=O)COc1cc([N+](=O)[O-])ccc1Cl. The minimum Gasteiger partial charge on any atom is -0.482 e. The molecule has 1 aromatic carbocycles. The van der Waals surface area contributed by atoms with Gasteiger partial charge in [0, 0.05) is 20.2 Å². The third-order valence-corrected chi connectivity index (χ3v) is 2.29. The molecule has 0 aliphatic rings. The van der Waals surface area contributed by atoms with Gasteiger partial charge in [-0.05, 0) is 6.07 Å². The van der Waals surface area contributed by atoms with Crippen LogP contribution in [0.4, 0.5) is 5.69 Å². The van der Waals surface area contributed by atoms with Crippen molar-refractivity contribution in [3.05, 3.63) is 33.3 Å². The number of benzene rings is 1. The van der Waals surface area contributed by atoms with Crippen LogP contribution in [0.2, 0.25) is 5.02 Å². The predicted molar refractivity (Wildman–Crippen MR) is 62.3 cm³/mol. The van der Waals surface area contributed by atoms with Gasteiger partial charge in [0.25, 0.3) is 11.6 Å². The van der Waals surface area contributed by atoms with Crippen LogP contribution in [0, 0.1) is 10.1 Å². The second-order valence-electron chi connectivity index (χ2n) is 3.45. The van der Waals surface area contributed by atoms with Gasteiger partial charge in [-0.3, -0.25) is 14.9 Å². The average Bonchev–Trinajstić information content (AvgIpc) is 2.26. The highest BCUT2D eigenvalue weighted by Gasteiger charge is 2.12. The molecule has 0 N–H and O–H groups in total. The number of halogens is 1. The van der Waals surface area contributed by atoms with Crippen molar-refractivity contribution in [3.8, 4) is 5.75 Å². The standard InChI is InChI=1S/C10H11ClN2O4/c1-12(2)10(14)6-17-9-5-7(13(15)16)3-4-8(9)11/h3-5H,6H2,1-2H3. The first-order valence-electron chi connectivity index (χ1n) is 4.68. The van der Waals surface area contributed by atoms with Crippen LogP contribution in [0.5, 0.6) is 5.75 Å². The highest BCUT2D eigenvalue weighted by Crippen LogP contribution is 2.28. The lowest BCUT2D eigenvalue weighted by Gasteiger charge is -2.11. The Morgan fingerprint density at radius 3 is 2.71 bits per heavy atom. The van der Waals surface area contributed by atoms with E-state index in [-0.39, 0.29) is 29.0 Å². The molecule has 92 valence electrons. The Morgan fingerprint density at radius 1 is 1.53 bits per heavy atom. The van der Waals surface area contributed by atoms with Crippen LogP contribution in [0.1, 0.15) is 0 Å². The number of nitrogens with zero attached hydrogens (tertiary/aromatic N) is 2. The van der Waals surface area contributed by atoms with Gasteiger partial charge < -0.3 is 9.64 Å². The molecular weight excluding hydrogens is 248 g/mol. The summed E-state index contributed by atoms with van der Waals surface area (Å²) in [6.45, 7) is -0.214. The van der Waals surface area contributed by atoms with Gasteiger partial charge >= 0.3 is 0 Å². The number of nitro groups is 1. The monoisotopic (exact) mass is 258 g/mol. The number of amides is 1. The van der Waals surface area contributed by atoms with Crippen LogP contribution in [-0.2, 0) is 4.79 Å². The molecule has 1 aromatic rings. The number of rotatable bonds is 4. The normalized spacial score (nSPS) is 9.82. The number of hydrogen-bond acceptors (Lipinski definition) is 4. The molecule has 17 heavy (non-hydrogen) atoms. The van der Waals surface area contributed by atoms with E-state index in [4.69, 9.17) is 16.3 Å². The van der Waals surface area contributed by atoms with Crippen LogP contribution in [-0.4, -0.2) is 36.4 Å². The first-order chi connectivity index (χ1) is 7.91. The summed E-state index contributed by atoms with van der Waals surface area (Å²) in [5.74, 6) is -0.136. The third-order valence-electron chi connectivity index (χ3n) is 1.98. The molecule has 0 aliphatic carbocycles. The highest BCUT2D eigenvalue weighted by molar-refractivity contribution is 6.32. The Kier molecular flexibility index (Phi) is 4.28. The Labute approximate surface area is 103 Å². The summed E-state index contributed by atoms with van der Waals surface area (Å²) in [5.41, 5.74) is -0.137. The molecule has 1 amide bonds. The molecule has 0 saturated heterocycles. The molecule has 7 heteroatoms. The summed E-state index contributed by atoms with van der Waals surface area (Å²) in [5, 5.41) is 10.8. The molecule has 0 aliphatic heterocycles. The third kappa shape index (κ3) is 3.60. The molecular formula is C10H11ClN2O4. The summed E-state index contributed by atoms with van der Waals surface area (Å²) in [4.78, 5) is 22.6. The Morgan fingerprint density at radius 2 is 2.18 bits per heavy atom. The maximum Gasteiger partial charge on any atom is 0.273 e. The van der Waals surface area contributed by atoms with Crippen LogP contribution < -0.4 is 4.74 Å². The van der Waals surface area contributed by atoms with E-state index in [1.165, 1.54) is 23.1 Å². The second kappa shape index (κ2) is 5.49. The molecule has 0 aromatic heterocycles. The molecule has 0 unspecified atom stereocenters. The van der Waals surface area contributed by atoms with E-state index in [2.05, 4.69) is 0 Å². The Balaban J connectivity index is 2.80. The number of carbonyl (C=O) groups is 1. The molecule has 0 bridgehead atoms. The van der Waals surface area contributed by atoms with Crippen molar-refractivity contribution in [1.82, 2.24) is 4.90 Å². The summed E-state index contributed by atoms with van der Waals surface area (Å²) < 4.78 is 5.12. The quantitative estimate of drug-likeness (QED) is 0.609. The number of hydrogen-bond donors (Lipinski definition) is 0. The van der Waals surface area contributed by atoms with Crippen LogP contribution >= 0.6 is 11.6 Å². The van der Waals surface area contributed by atoms with E-state index < -0.39 is 4.92 Å². The number of carbonyl (C=O) groups excluding carboxylic acids is 1. The molecule has 0 atom stereocenters. The van der Waals surface area contributed by atoms with Crippen molar-refractivity contribution < 1.29 is 14.5 Å². The molecule has 0 fully saturated rings. The molecule has 0 spiro atoms. The topological polar surface area (TPSA) is 72.7 Å². The van der Waals surface area contributed by atoms with Gasteiger partial charge in [-0.1, -0.05) is 11.6 Å². The largest absolute Gasteiger partial charge is 0.482 e. The average molecular weight is 259 g/mol. The number of non-ortho nitro benzene ring substituents is 1. The number of ether oxygens (including phenoxy) is 1. The van der Waals surface area contributed by atoms with E-state index in [9.17, 15) is 14.9 Å².